The number of carbonyl (C=O) groups excluding carboxylic acids is 1. The Balaban J connectivity index is 1.67. The van der Waals surface area contributed by atoms with Gasteiger partial charge in [-0.1, -0.05) is 6.07 Å². The number of nitrogens with zero attached hydrogens (tertiary/aromatic N) is 4. The summed E-state index contributed by atoms with van der Waals surface area (Å²) in [4.78, 5) is 34.4. The molecule has 0 bridgehead atoms. The number of aromatic nitrogens is 3. The van der Waals surface area contributed by atoms with E-state index >= 15 is 0 Å². The summed E-state index contributed by atoms with van der Waals surface area (Å²) in [6, 6.07) is 5.01. The van der Waals surface area contributed by atoms with Crippen molar-refractivity contribution in [1.29, 1.82) is 0 Å². The third-order valence-electron chi connectivity index (χ3n) is 3.96. The number of likely N-dealkylation sites (tertiary alicyclic amines) is 1. The first-order valence-electron chi connectivity index (χ1n) is 7.46. The van der Waals surface area contributed by atoms with Crippen LogP contribution >= 0.6 is 0 Å². The van der Waals surface area contributed by atoms with Gasteiger partial charge in [0, 0.05) is 44.2 Å². The van der Waals surface area contributed by atoms with E-state index in [1.807, 2.05) is 4.90 Å². The van der Waals surface area contributed by atoms with Crippen molar-refractivity contribution in [3.8, 4) is 0 Å². The van der Waals surface area contributed by atoms with E-state index in [1.165, 1.54) is 6.07 Å². The quantitative estimate of drug-likeness (QED) is 0.855. The van der Waals surface area contributed by atoms with Gasteiger partial charge < -0.3 is 9.47 Å². The average molecular weight is 298 g/mol. The van der Waals surface area contributed by atoms with E-state index in [1.54, 1.807) is 41.5 Å². The molecule has 1 atom stereocenters. The molecule has 0 aliphatic carbocycles. The van der Waals surface area contributed by atoms with E-state index in [0.717, 1.165) is 25.1 Å². The molecule has 1 aliphatic heterocycles. The SMILES string of the molecule is O=C(CCn1ccccc1=O)N1CCC[C@H]1c1cnccn1. The van der Waals surface area contributed by atoms with Gasteiger partial charge in [0.15, 0.2) is 0 Å². The van der Waals surface area contributed by atoms with Gasteiger partial charge in [-0.25, -0.2) is 0 Å². The molecule has 114 valence electrons. The third-order valence-corrected chi connectivity index (χ3v) is 3.96. The van der Waals surface area contributed by atoms with Crippen molar-refractivity contribution in [2.75, 3.05) is 6.54 Å². The second-order valence-electron chi connectivity index (χ2n) is 5.36. The van der Waals surface area contributed by atoms with Crippen molar-refractivity contribution in [1.82, 2.24) is 19.4 Å². The minimum atomic E-state index is -0.0813. The molecule has 2 aromatic rings. The van der Waals surface area contributed by atoms with Gasteiger partial charge in [0.1, 0.15) is 0 Å². The first-order chi connectivity index (χ1) is 10.8. The molecule has 2 aromatic heterocycles. The number of hydrogen-bond donors (Lipinski definition) is 0. The molecule has 1 saturated heterocycles. The molecule has 0 N–H and O–H groups in total. The molecule has 6 nitrogen and oxygen atoms in total. The van der Waals surface area contributed by atoms with Crippen molar-refractivity contribution >= 4 is 5.91 Å². The van der Waals surface area contributed by atoms with Crippen LogP contribution in [0.25, 0.3) is 0 Å². The number of hydrogen-bond acceptors (Lipinski definition) is 4. The fraction of sp³-hybridized carbons (Fsp3) is 0.375. The molecule has 1 amide bonds. The number of rotatable bonds is 4. The Bertz CT molecular complexity index is 699. The van der Waals surface area contributed by atoms with E-state index in [2.05, 4.69) is 9.97 Å². The predicted octanol–water partition coefficient (Wildman–Crippen LogP) is 1.39. The maximum Gasteiger partial charge on any atom is 0.250 e. The molecule has 1 aliphatic rings. The number of pyridine rings is 1. The lowest BCUT2D eigenvalue weighted by Gasteiger charge is -2.24. The Labute approximate surface area is 128 Å². The van der Waals surface area contributed by atoms with Gasteiger partial charge in [-0.2, -0.15) is 0 Å². The van der Waals surface area contributed by atoms with Gasteiger partial charge in [-0.15, -0.1) is 0 Å². The van der Waals surface area contributed by atoms with Crippen molar-refractivity contribution < 1.29 is 4.79 Å². The van der Waals surface area contributed by atoms with Gasteiger partial charge >= 0.3 is 0 Å². The van der Waals surface area contributed by atoms with Gasteiger partial charge in [-0.05, 0) is 18.9 Å². The fourth-order valence-corrected chi connectivity index (χ4v) is 2.86. The molecule has 6 heteroatoms. The fourth-order valence-electron chi connectivity index (χ4n) is 2.86. The lowest BCUT2D eigenvalue weighted by molar-refractivity contribution is -0.132. The summed E-state index contributed by atoms with van der Waals surface area (Å²) in [7, 11) is 0. The van der Waals surface area contributed by atoms with Crippen LogP contribution in [0.4, 0.5) is 0 Å². The molecular formula is C16H18N4O2. The summed E-state index contributed by atoms with van der Waals surface area (Å²) < 4.78 is 1.56. The molecule has 3 heterocycles. The van der Waals surface area contributed by atoms with Crippen molar-refractivity contribution in [2.24, 2.45) is 0 Å². The summed E-state index contributed by atoms with van der Waals surface area (Å²) in [5.41, 5.74) is 0.757. The van der Waals surface area contributed by atoms with E-state index in [4.69, 9.17) is 0 Å². The summed E-state index contributed by atoms with van der Waals surface area (Å²) in [6.45, 7) is 1.14. The molecular weight excluding hydrogens is 280 g/mol. The molecule has 0 radical (unpaired) electrons. The normalized spacial score (nSPS) is 17.6. The van der Waals surface area contributed by atoms with E-state index in [9.17, 15) is 9.59 Å². The van der Waals surface area contributed by atoms with Crippen LogP contribution in [0.3, 0.4) is 0 Å². The molecule has 22 heavy (non-hydrogen) atoms. The Morgan fingerprint density at radius 2 is 2.23 bits per heavy atom. The zero-order valence-electron chi connectivity index (χ0n) is 12.3. The van der Waals surface area contributed by atoms with Crippen LogP contribution in [0.1, 0.15) is 31.0 Å². The maximum atomic E-state index is 12.5. The van der Waals surface area contributed by atoms with Crippen LogP contribution in [-0.4, -0.2) is 31.9 Å². The molecule has 3 rings (SSSR count). The second-order valence-corrected chi connectivity index (χ2v) is 5.36. The van der Waals surface area contributed by atoms with Gasteiger partial charge in [-0.3, -0.25) is 19.6 Å². The highest BCUT2D eigenvalue weighted by atomic mass is 16.2. The van der Waals surface area contributed by atoms with Crippen LogP contribution in [-0.2, 0) is 11.3 Å². The molecule has 0 spiro atoms. The molecule has 0 saturated carbocycles. The topological polar surface area (TPSA) is 68.1 Å². The summed E-state index contributed by atoms with van der Waals surface area (Å²) in [6.07, 6.45) is 8.92. The highest BCUT2D eigenvalue weighted by Crippen LogP contribution is 2.30. The maximum absolute atomic E-state index is 12.5. The Kier molecular flexibility index (Phi) is 4.27. The van der Waals surface area contributed by atoms with Gasteiger partial charge in [0.2, 0.25) is 5.91 Å². The lowest BCUT2D eigenvalue weighted by atomic mass is 10.1. The first kappa shape index (κ1) is 14.4. The first-order valence-corrected chi connectivity index (χ1v) is 7.46. The summed E-state index contributed by atoms with van der Waals surface area (Å²) >= 11 is 0. The molecule has 0 aromatic carbocycles. The molecule has 1 fully saturated rings. The van der Waals surface area contributed by atoms with Crippen LogP contribution in [0.2, 0.25) is 0 Å². The largest absolute Gasteiger partial charge is 0.334 e. The Morgan fingerprint density at radius 1 is 1.32 bits per heavy atom. The minimum Gasteiger partial charge on any atom is -0.334 e. The van der Waals surface area contributed by atoms with Crippen molar-refractivity contribution in [3.05, 3.63) is 59.0 Å². The zero-order valence-corrected chi connectivity index (χ0v) is 12.3. The number of amides is 1. The summed E-state index contributed by atoms with van der Waals surface area (Å²) in [5.74, 6) is 0.0592. The third kappa shape index (κ3) is 3.05. The predicted molar refractivity (Wildman–Crippen MR) is 81.0 cm³/mol. The Morgan fingerprint density at radius 3 is 3.00 bits per heavy atom. The van der Waals surface area contributed by atoms with Crippen LogP contribution < -0.4 is 5.56 Å². The van der Waals surface area contributed by atoms with Crippen molar-refractivity contribution in [3.63, 3.8) is 0 Å². The standard InChI is InChI=1S/C16H18N4O2/c21-15-5-1-2-9-19(15)11-6-16(22)20-10-3-4-14(20)13-12-17-7-8-18-13/h1-2,5,7-9,12,14H,3-4,6,10-11H2/t14-/m0/s1. The zero-order chi connectivity index (χ0) is 15.4. The van der Waals surface area contributed by atoms with Crippen LogP contribution in [0, 0.1) is 0 Å². The van der Waals surface area contributed by atoms with E-state index in [-0.39, 0.29) is 17.5 Å². The molecule has 0 unspecified atom stereocenters. The lowest BCUT2D eigenvalue weighted by Crippen LogP contribution is -2.32. The summed E-state index contributed by atoms with van der Waals surface area (Å²) in [5, 5.41) is 0. The smallest absolute Gasteiger partial charge is 0.250 e. The second kappa shape index (κ2) is 6.51. The number of aryl methyl sites for hydroxylation is 1. The Hall–Kier alpha value is -2.50. The monoisotopic (exact) mass is 298 g/mol. The van der Waals surface area contributed by atoms with Gasteiger partial charge in [0.05, 0.1) is 17.9 Å². The van der Waals surface area contributed by atoms with E-state index in [0.29, 0.717) is 13.0 Å². The van der Waals surface area contributed by atoms with Gasteiger partial charge in [0.25, 0.3) is 5.56 Å². The average Bonchev–Trinajstić information content (AvgIpc) is 3.04. The highest BCUT2D eigenvalue weighted by Gasteiger charge is 2.30. The minimum absolute atomic E-state index is 0.00805. The van der Waals surface area contributed by atoms with E-state index < -0.39 is 0 Å². The highest BCUT2D eigenvalue weighted by molar-refractivity contribution is 5.76. The van der Waals surface area contributed by atoms with Crippen LogP contribution in [0.15, 0.2) is 47.8 Å². The van der Waals surface area contributed by atoms with Crippen LogP contribution in [0.5, 0.6) is 0 Å². The number of carbonyl (C=O) groups is 1. The van der Waals surface area contributed by atoms with Crippen molar-refractivity contribution in [2.45, 2.75) is 31.8 Å².